The zero-order valence-corrected chi connectivity index (χ0v) is 14.2. The van der Waals surface area contributed by atoms with Gasteiger partial charge in [0.15, 0.2) is 0 Å². The van der Waals surface area contributed by atoms with Gasteiger partial charge >= 0.3 is 5.97 Å². The van der Waals surface area contributed by atoms with E-state index in [0.717, 1.165) is 11.1 Å². The molecule has 0 radical (unpaired) electrons. The van der Waals surface area contributed by atoms with Crippen molar-refractivity contribution in [2.24, 2.45) is 0 Å². The summed E-state index contributed by atoms with van der Waals surface area (Å²) in [5, 5.41) is 14.7. The second-order valence-corrected chi connectivity index (χ2v) is 6.51. The Morgan fingerprint density at radius 2 is 2.16 bits per heavy atom. The highest BCUT2D eigenvalue weighted by molar-refractivity contribution is 6.32. The van der Waals surface area contributed by atoms with Gasteiger partial charge in [0.2, 0.25) is 0 Å². The van der Waals surface area contributed by atoms with Crippen molar-refractivity contribution in [3.63, 3.8) is 0 Å². The lowest BCUT2D eigenvalue weighted by Crippen LogP contribution is -2.56. The Labute approximate surface area is 148 Å². The Morgan fingerprint density at radius 1 is 1.36 bits per heavy atom. The summed E-state index contributed by atoms with van der Waals surface area (Å²) >= 11 is 6.43. The number of rotatable bonds is 3. The van der Waals surface area contributed by atoms with Crippen molar-refractivity contribution in [2.45, 2.75) is 5.60 Å². The predicted octanol–water partition coefficient (Wildman–Crippen LogP) is 2.46. The topological polar surface area (TPSA) is 87.2 Å². The summed E-state index contributed by atoms with van der Waals surface area (Å²) in [6.45, 7) is 0.964. The first-order chi connectivity index (χ1) is 12.0. The summed E-state index contributed by atoms with van der Waals surface area (Å²) in [5.74, 6) is -0.432. The summed E-state index contributed by atoms with van der Waals surface area (Å²) in [4.78, 5) is 19.3. The molecule has 1 saturated heterocycles. The highest BCUT2D eigenvalue weighted by Crippen LogP contribution is 2.36. The molecule has 3 N–H and O–H groups in total. The molecular formula is C18H16ClN3O3. The number of benzene rings is 1. The van der Waals surface area contributed by atoms with Crippen LogP contribution >= 0.6 is 11.6 Å². The normalized spacial score (nSPS) is 15.8. The minimum atomic E-state index is -0.922. The van der Waals surface area contributed by atoms with Gasteiger partial charge in [-0.05, 0) is 23.3 Å². The number of fused-ring (bicyclic) bond motifs is 1. The number of ether oxygens (including phenoxy) is 1. The number of carbonyl (C=O) groups is 1. The largest absolute Gasteiger partial charge is 0.465 e. The predicted molar refractivity (Wildman–Crippen MR) is 94.6 cm³/mol. The number of aromatic amines is 1. The molecule has 0 atom stereocenters. The van der Waals surface area contributed by atoms with Gasteiger partial charge in [0, 0.05) is 41.5 Å². The van der Waals surface area contributed by atoms with E-state index in [4.69, 9.17) is 16.3 Å². The number of hydrogen-bond acceptors (Lipinski definition) is 5. The lowest BCUT2D eigenvalue weighted by Gasteiger charge is -2.38. The Hall–Kier alpha value is -2.41. The minimum Gasteiger partial charge on any atom is -0.465 e. The van der Waals surface area contributed by atoms with E-state index >= 15 is 0 Å². The maximum absolute atomic E-state index is 12.0. The van der Waals surface area contributed by atoms with Crippen LogP contribution in [0.2, 0.25) is 5.02 Å². The number of aromatic nitrogens is 2. The van der Waals surface area contributed by atoms with E-state index in [2.05, 4.69) is 15.3 Å². The van der Waals surface area contributed by atoms with Crippen LogP contribution < -0.4 is 5.32 Å². The molecule has 4 rings (SSSR count). The number of methoxy groups -OCH3 is 1. The molecule has 25 heavy (non-hydrogen) atoms. The summed E-state index contributed by atoms with van der Waals surface area (Å²) in [7, 11) is 1.34. The Morgan fingerprint density at radius 3 is 2.80 bits per heavy atom. The molecule has 0 aliphatic carbocycles. The number of β-amino-alcohol motifs (C(OH)–C–C–N with tert-alkyl or cyclic N) is 1. The molecule has 1 aliphatic rings. The number of carbonyl (C=O) groups excluding carboxylic acids is 1. The number of halogens is 1. The van der Waals surface area contributed by atoms with E-state index in [-0.39, 0.29) is 0 Å². The van der Waals surface area contributed by atoms with Gasteiger partial charge < -0.3 is 20.1 Å². The molecule has 128 valence electrons. The molecule has 7 heteroatoms. The van der Waals surface area contributed by atoms with Gasteiger partial charge in [0.25, 0.3) is 0 Å². The summed E-state index contributed by atoms with van der Waals surface area (Å²) < 4.78 is 4.85. The van der Waals surface area contributed by atoms with E-state index in [0.29, 0.717) is 40.3 Å². The van der Waals surface area contributed by atoms with Crippen molar-refractivity contribution < 1.29 is 14.6 Å². The van der Waals surface area contributed by atoms with Gasteiger partial charge in [-0.25, -0.2) is 9.78 Å². The van der Waals surface area contributed by atoms with Gasteiger partial charge in [-0.15, -0.1) is 0 Å². The molecule has 1 aliphatic heterocycles. The van der Waals surface area contributed by atoms with Gasteiger partial charge in [0.1, 0.15) is 11.2 Å². The third-order valence-corrected chi connectivity index (χ3v) is 4.91. The number of nitrogens with one attached hydrogen (secondary N) is 2. The molecule has 0 spiro atoms. The molecule has 1 aromatic carbocycles. The molecule has 0 unspecified atom stereocenters. The minimum absolute atomic E-state index is 0.419. The second-order valence-electron chi connectivity index (χ2n) is 6.11. The maximum Gasteiger partial charge on any atom is 0.340 e. The van der Waals surface area contributed by atoms with E-state index in [9.17, 15) is 9.90 Å². The van der Waals surface area contributed by atoms with Crippen molar-refractivity contribution in [1.29, 1.82) is 0 Å². The number of esters is 1. The molecule has 0 amide bonds. The van der Waals surface area contributed by atoms with Crippen molar-refractivity contribution in [3.05, 3.63) is 52.8 Å². The molecule has 2 aromatic heterocycles. The summed E-state index contributed by atoms with van der Waals surface area (Å²) in [6, 6.07) is 7.35. The van der Waals surface area contributed by atoms with E-state index in [1.807, 2.05) is 18.2 Å². The van der Waals surface area contributed by atoms with Gasteiger partial charge in [-0.1, -0.05) is 23.7 Å². The first kappa shape index (κ1) is 16.1. The fraction of sp³-hybridized carbons (Fsp3) is 0.222. The van der Waals surface area contributed by atoms with E-state index in [1.54, 1.807) is 18.5 Å². The first-order valence-corrected chi connectivity index (χ1v) is 8.19. The van der Waals surface area contributed by atoms with Crippen LogP contribution in [0.15, 0.2) is 36.7 Å². The number of H-pyrrole nitrogens is 1. The zero-order chi connectivity index (χ0) is 17.6. The van der Waals surface area contributed by atoms with Crippen molar-refractivity contribution in [3.8, 4) is 11.1 Å². The summed E-state index contributed by atoms with van der Waals surface area (Å²) in [6.07, 6.45) is 3.26. The fourth-order valence-corrected chi connectivity index (χ4v) is 3.54. The molecular weight excluding hydrogens is 342 g/mol. The molecule has 0 bridgehead atoms. The Kier molecular flexibility index (Phi) is 3.76. The number of nitrogens with zero attached hydrogens (tertiary/aromatic N) is 1. The molecule has 6 nitrogen and oxygen atoms in total. The van der Waals surface area contributed by atoms with Crippen LogP contribution in [0, 0.1) is 0 Å². The number of aliphatic hydroxyl groups is 1. The standard InChI is InChI=1S/C18H16ClN3O3/c1-25-17(23)12-7-22-16-15(12)11(4-5-21-16)10-2-3-13(14(19)6-10)18(24)8-20-9-18/h2-7,20,24H,8-9H2,1H3,(H,21,22). The van der Waals surface area contributed by atoms with Crippen molar-refractivity contribution >= 4 is 28.6 Å². The Balaban J connectivity index is 1.86. The van der Waals surface area contributed by atoms with Crippen LogP contribution in [-0.2, 0) is 10.3 Å². The fourth-order valence-electron chi connectivity index (χ4n) is 3.18. The third kappa shape index (κ3) is 2.50. The van der Waals surface area contributed by atoms with Crippen LogP contribution in [0.25, 0.3) is 22.2 Å². The van der Waals surface area contributed by atoms with Crippen LogP contribution in [0.3, 0.4) is 0 Å². The lowest BCUT2D eigenvalue weighted by atomic mass is 9.87. The zero-order valence-electron chi connectivity index (χ0n) is 13.5. The molecule has 3 aromatic rings. The van der Waals surface area contributed by atoms with Crippen LogP contribution in [0.4, 0.5) is 0 Å². The maximum atomic E-state index is 12.0. The van der Waals surface area contributed by atoms with E-state index < -0.39 is 11.6 Å². The van der Waals surface area contributed by atoms with Gasteiger partial charge in [0.05, 0.1) is 12.7 Å². The molecule has 3 heterocycles. The van der Waals surface area contributed by atoms with Gasteiger partial charge in [-0.2, -0.15) is 0 Å². The highest BCUT2D eigenvalue weighted by atomic mass is 35.5. The van der Waals surface area contributed by atoms with Crippen LogP contribution in [0.5, 0.6) is 0 Å². The van der Waals surface area contributed by atoms with Gasteiger partial charge in [-0.3, -0.25) is 0 Å². The van der Waals surface area contributed by atoms with E-state index in [1.165, 1.54) is 7.11 Å². The smallest absolute Gasteiger partial charge is 0.340 e. The molecule has 0 saturated carbocycles. The van der Waals surface area contributed by atoms with Crippen molar-refractivity contribution in [1.82, 2.24) is 15.3 Å². The van der Waals surface area contributed by atoms with Crippen LogP contribution in [0.1, 0.15) is 15.9 Å². The third-order valence-electron chi connectivity index (χ3n) is 4.60. The van der Waals surface area contributed by atoms with Crippen LogP contribution in [-0.4, -0.2) is 41.2 Å². The average Bonchev–Trinajstić information content (AvgIpc) is 3.03. The lowest BCUT2D eigenvalue weighted by molar-refractivity contribution is -0.0145. The summed E-state index contributed by atoms with van der Waals surface area (Å²) in [5.41, 5.74) is 2.45. The quantitative estimate of drug-likeness (QED) is 0.627. The number of pyridine rings is 1. The average molecular weight is 358 g/mol. The first-order valence-electron chi connectivity index (χ1n) is 7.81. The SMILES string of the molecule is COC(=O)c1c[nH]c2nccc(-c3ccc(C4(O)CNC4)c(Cl)c3)c12. The molecule has 1 fully saturated rings. The number of hydrogen-bond donors (Lipinski definition) is 3. The monoisotopic (exact) mass is 357 g/mol. The van der Waals surface area contributed by atoms with Crippen molar-refractivity contribution in [2.75, 3.05) is 20.2 Å². The highest BCUT2D eigenvalue weighted by Gasteiger charge is 2.37. The Bertz CT molecular complexity index is 979. The second kappa shape index (κ2) is 5.84.